The van der Waals surface area contributed by atoms with E-state index in [-0.39, 0.29) is 20.8 Å². The number of ether oxygens (including phenoxy) is 1. The van der Waals surface area contributed by atoms with Gasteiger partial charge in [-0.25, -0.2) is 9.78 Å². The Bertz CT molecular complexity index is 738. The van der Waals surface area contributed by atoms with Crippen LogP contribution in [0.25, 0.3) is 0 Å². The summed E-state index contributed by atoms with van der Waals surface area (Å²) in [6, 6.07) is 8.78. The van der Waals surface area contributed by atoms with Crippen molar-refractivity contribution >= 4 is 52.4 Å². The Hall–Kier alpha value is -1.82. The Balaban J connectivity index is 2.05. The number of anilines is 1. The number of pyridine rings is 1. The molecule has 2 aromatic rings. The number of carbonyl (C=O) groups excluding carboxylic acids is 2. The number of nitrogens with one attached hydrogen (secondary N) is 1. The number of nitrogens with zero attached hydrogens (tertiary/aromatic N) is 1. The van der Waals surface area contributed by atoms with Gasteiger partial charge in [-0.2, -0.15) is 0 Å². The van der Waals surface area contributed by atoms with Crippen LogP contribution in [0.4, 0.5) is 5.69 Å². The van der Waals surface area contributed by atoms with E-state index < -0.39 is 18.0 Å². The Morgan fingerprint density at radius 2 is 1.78 bits per heavy atom. The van der Waals surface area contributed by atoms with Crippen LogP contribution in [0.1, 0.15) is 17.4 Å². The predicted molar refractivity (Wildman–Crippen MR) is 89.2 cm³/mol. The summed E-state index contributed by atoms with van der Waals surface area (Å²) in [5.74, 6) is -1.36. The van der Waals surface area contributed by atoms with Gasteiger partial charge in [0.1, 0.15) is 0 Å². The average Bonchev–Trinajstić information content (AvgIpc) is 2.53. The van der Waals surface area contributed by atoms with E-state index in [1.165, 1.54) is 13.1 Å². The number of hydrogen-bond acceptors (Lipinski definition) is 4. The van der Waals surface area contributed by atoms with Gasteiger partial charge in [-0.1, -0.05) is 53.0 Å². The molecule has 1 aromatic heterocycles. The first-order valence-corrected chi connectivity index (χ1v) is 7.60. The van der Waals surface area contributed by atoms with Crippen LogP contribution in [0.3, 0.4) is 0 Å². The summed E-state index contributed by atoms with van der Waals surface area (Å²) >= 11 is 17.5. The highest BCUT2D eigenvalue weighted by molar-refractivity contribution is 6.48. The number of aromatic nitrogens is 1. The fourth-order valence-electron chi connectivity index (χ4n) is 1.62. The van der Waals surface area contributed by atoms with Crippen molar-refractivity contribution in [1.82, 2.24) is 4.98 Å². The molecule has 0 saturated carbocycles. The number of carbonyl (C=O) groups is 2. The van der Waals surface area contributed by atoms with Crippen molar-refractivity contribution in [2.24, 2.45) is 0 Å². The van der Waals surface area contributed by atoms with Crippen LogP contribution in [-0.2, 0) is 9.53 Å². The lowest BCUT2D eigenvalue weighted by molar-refractivity contribution is -0.123. The lowest BCUT2D eigenvalue weighted by Gasteiger charge is -2.14. The number of halogens is 3. The molecule has 0 aliphatic carbocycles. The number of benzene rings is 1. The molecular formula is C15H11Cl3N2O3. The quantitative estimate of drug-likeness (QED) is 0.815. The molecule has 1 heterocycles. The molecule has 1 aromatic carbocycles. The molecule has 0 aliphatic rings. The molecule has 8 heteroatoms. The van der Waals surface area contributed by atoms with Crippen molar-refractivity contribution in [2.75, 3.05) is 5.32 Å². The van der Waals surface area contributed by atoms with Crippen molar-refractivity contribution < 1.29 is 14.3 Å². The smallest absolute Gasteiger partial charge is 0.359 e. The first kappa shape index (κ1) is 17.5. The third kappa shape index (κ3) is 4.34. The average molecular weight is 374 g/mol. The summed E-state index contributed by atoms with van der Waals surface area (Å²) < 4.78 is 5.05. The summed E-state index contributed by atoms with van der Waals surface area (Å²) in [5, 5.41) is 2.60. The minimum absolute atomic E-state index is 0.00308. The van der Waals surface area contributed by atoms with E-state index in [1.54, 1.807) is 24.3 Å². The molecule has 1 N–H and O–H groups in total. The third-order valence-electron chi connectivity index (χ3n) is 2.81. The minimum Gasteiger partial charge on any atom is -0.448 e. The van der Waals surface area contributed by atoms with Gasteiger partial charge in [0.25, 0.3) is 5.91 Å². The van der Waals surface area contributed by atoms with Crippen molar-refractivity contribution in [3.8, 4) is 0 Å². The summed E-state index contributed by atoms with van der Waals surface area (Å²) in [7, 11) is 0. The molecule has 1 amide bonds. The summed E-state index contributed by atoms with van der Waals surface area (Å²) in [4.78, 5) is 27.8. The monoisotopic (exact) mass is 372 g/mol. The van der Waals surface area contributed by atoms with E-state index in [0.29, 0.717) is 5.69 Å². The second kappa shape index (κ2) is 7.64. The second-order valence-corrected chi connectivity index (χ2v) is 5.65. The maximum absolute atomic E-state index is 12.0. The number of esters is 1. The van der Waals surface area contributed by atoms with Gasteiger partial charge in [-0.3, -0.25) is 4.79 Å². The summed E-state index contributed by atoms with van der Waals surface area (Å²) in [6.45, 7) is 1.43. The van der Waals surface area contributed by atoms with Crippen LogP contribution >= 0.6 is 34.8 Å². The predicted octanol–water partition coefficient (Wildman–Crippen LogP) is 4.23. The standard InChI is InChI=1S/C15H11Cl3N2O3/c1-8(14(21)20-9-5-3-2-4-6-9)23-15(22)13-12(18)11(17)10(16)7-19-13/h2-8H,1H3,(H,20,21)/t8-/m1/s1. The van der Waals surface area contributed by atoms with E-state index in [0.717, 1.165) is 0 Å². The van der Waals surface area contributed by atoms with Crippen molar-refractivity contribution in [3.05, 3.63) is 57.3 Å². The van der Waals surface area contributed by atoms with Crippen molar-refractivity contribution in [1.29, 1.82) is 0 Å². The highest BCUT2D eigenvalue weighted by Crippen LogP contribution is 2.31. The molecule has 0 aliphatic heterocycles. The number of rotatable bonds is 4. The van der Waals surface area contributed by atoms with E-state index >= 15 is 0 Å². The largest absolute Gasteiger partial charge is 0.448 e. The Morgan fingerprint density at radius 3 is 2.43 bits per heavy atom. The molecule has 5 nitrogen and oxygen atoms in total. The van der Waals surface area contributed by atoms with Gasteiger partial charge in [0.2, 0.25) is 0 Å². The first-order valence-electron chi connectivity index (χ1n) is 6.46. The van der Waals surface area contributed by atoms with Gasteiger partial charge in [0.05, 0.1) is 15.1 Å². The van der Waals surface area contributed by atoms with Gasteiger partial charge in [-0.15, -0.1) is 0 Å². The molecule has 2 rings (SSSR count). The topological polar surface area (TPSA) is 68.3 Å². The SMILES string of the molecule is C[C@@H](OC(=O)c1ncc(Cl)c(Cl)c1Cl)C(=O)Nc1ccccc1. The molecule has 0 bridgehead atoms. The van der Waals surface area contributed by atoms with Crippen LogP contribution < -0.4 is 5.32 Å². The summed E-state index contributed by atoms with van der Waals surface area (Å²) in [5.41, 5.74) is 0.381. The lowest BCUT2D eigenvalue weighted by atomic mass is 10.3. The van der Waals surface area contributed by atoms with E-state index in [2.05, 4.69) is 10.3 Å². The maximum Gasteiger partial charge on any atom is 0.359 e. The number of para-hydroxylation sites is 1. The fourth-order valence-corrected chi connectivity index (χ4v) is 2.18. The second-order valence-electron chi connectivity index (χ2n) is 4.49. The van der Waals surface area contributed by atoms with Gasteiger partial charge >= 0.3 is 5.97 Å². The molecule has 23 heavy (non-hydrogen) atoms. The van der Waals surface area contributed by atoms with Gasteiger partial charge in [0.15, 0.2) is 11.8 Å². The van der Waals surface area contributed by atoms with E-state index in [9.17, 15) is 9.59 Å². The molecule has 0 unspecified atom stereocenters. The molecule has 120 valence electrons. The fraction of sp³-hybridized carbons (Fsp3) is 0.133. The van der Waals surface area contributed by atoms with Gasteiger partial charge < -0.3 is 10.1 Å². The maximum atomic E-state index is 12.0. The third-order valence-corrected chi connectivity index (χ3v) is 4.05. The number of amides is 1. The molecule has 0 radical (unpaired) electrons. The zero-order valence-corrected chi connectivity index (χ0v) is 14.1. The lowest BCUT2D eigenvalue weighted by Crippen LogP contribution is -2.30. The molecule has 0 fully saturated rings. The minimum atomic E-state index is -1.05. The Morgan fingerprint density at radius 1 is 1.13 bits per heavy atom. The van der Waals surface area contributed by atoms with Crippen LogP contribution in [0, 0.1) is 0 Å². The molecular weight excluding hydrogens is 363 g/mol. The summed E-state index contributed by atoms with van der Waals surface area (Å²) in [6.07, 6.45) is 0.135. The highest BCUT2D eigenvalue weighted by Gasteiger charge is 2.23. The van der Waals surface area contributed by atoms with Gasteiger partial charge in [-0.05, 0) is 19.1 Å². The molecule has 1 atom stereocenters. The molecule has 0 saturated heterocycles. The Kier molecular flexibility index (Phi) is 5.82. The first-order chi connectivity index (χ1) is 10.9. The van der Waals surface area contributed by atoms with Crippen molar-refractivity contribution in [2.45, 2.75) is 13.0 Å². The van der Waals surface area contributed by atoms with Crippen LogP contribution in [0.5, 0.6) is 0 Å². The normalized spacial score (nSPS) is 11.7. The van der Waals surface area contributed by atoms with Crippen LogP contribution in [0.2, 0.25) is 15.1 Å². The Labute approximate surface area is 147 Å². The van der Waals surface area contributed by atoms with Gasteiger partial charge in [0, 0.05) is 11.9 Å². The highest BCUT2D eigenvalue weighted by atomic mass is 35.5. The zero-order valence-electron chi connectivity index (χ0n) is 11.8. The van der Waals surface area contributed by atoms with Crippen molar-refractivity contribution in [3.63, 3.8) is 0 Å². The van der Waals surface area contributed by atoms with E-state index in [4.69, 9.17) is 39.5 Å². The van der Waals surface area contributed by atoms with Crippen LogP contribution in [-0.4, -0.2) is 23.0 Å². The van der Waals surface area contributed by atoms with Crippen LogP contribution in [0.15, 0.2) is 36.5 Å². The van der Waals surface area contributed by atoms with E-state index in [1.807, 2.05) is 6.07 Å². The molecule has 0 spiro atoms. The number of hydrogen-bond donors (Lipinski definition) is 1. The zero-order chi connectivity index (χ0) is 17.0.